The van der Waals surface area contributed by atoms with Gasteiger partial charge in [0.05, 0.1) is 12.8 Å². The van der Waals surface area contributed by atoms with Crippen LogP contribution < -0.4 is 10.1 Å². The lowest BCUT2D eigenvalue weighted by molar-refractivity contribution is 0.370. The summed E-state index contributed by atoms with van der Waals surface area (Å²) in [7, 11) is 1.67. The zero-order chi connectivity index (χ0) is 14.8. The molecule has 1 fully saturated rings. The molecule has 21 heavy (non-hydrogen) atoms. The molecule has 110 valence electrons. The Morgan fingerprint density at radius 3 is 2.57 bits per heavy atom. The Morgan fingerprint density at radius 1 is 1.10 bits per heavy atom. The fourth-order valence-corrected chi connectivity index (χ4v) is 3.27. The second-order valence-corrected chi connectivity index (χ2v) is 6.22. The van der Waals surface area contributed by atoms with Crippen LogP contribution >= 0.6 is 23.2 Å². The lowest BCUT2D eigenvalue weighted by atomic mass is 9.76. The predicted molar refractivity (Wildman–Crippen MR) is 88.8 cm³/mol. The number of hydrogen-bond donors (Lipinski definition) is 1. The Labute approximate surface area is 135 Å². The second kappa shape index (κ2) is 6.17. The summed E-state index contributed by atoms with van der Waals surface area (Å²) in [5.74, 6) is 1.35. The monoisotopic (exact) mass is 321 g/mol. The normalized spacial score (nSPS) is 20.7. The van der Waals surface area contributed by atoms with Crippen LogP contribution in [-0.2, 0) is 0 Å². The maximum absolute atomic E-state index is 6.25. The summed E-state index contributed by atoms with van der Waals surface area (Å²) in [6.07, 6.45) is 2.14. The van der Waals surface area contributed by atoms with Gasteiger partial charge in [-0.05, 0) is 48.6 Å². The third kappa shape index (κ3) is 3.12. The van der Waals surface area contributed by atoms with Crippen LogP contribution in [0.2, 0.25) is 10.0 Å². The van der Waals surface area contributed by atoms with Gasteiger partial charge in [-0.3, -0.25) is 0 Å². The summed E-state index contributed by atoms with van der Waals surface area (Å²) in [6.45, 7) is 0. The molecule has 0 aromatic heterocycles. The van der Waals surface area contributed by atoms with Gasteiger partial charge in [0.1, 0.15) is 5.75 Å². The summed E-state index contributed by atoms with van der Waals surface area (Å²) >= 11 is 12.3. The smallest absolute Gasteiger partial charge is 0.142 e. The highest BCUT2D eigenvalue weighted by molar-refractivity contribution is 6.31. The minimum atomic E-state index is 0.429. The number of halogens is 2. The second-order valence-electron chi connectivity index (χ2n) is 5.38. The van der Waals surface area contributed by atoms with E-state index >= 15 is 0 Å². The molecular formula is C17H17Cl2NO. The zero-order valence-corrected chi connectivity index (χ0v) is 13.3. The van der Waals surface area contributed by atoms with Crippen molar-refractivity contribution in [2.24, 2.45) is 0 Å². The molecule has 4 heteroatoms. The largest absolute Gasteiger partial charge is 0.495 e. The van der Waals surface area contributed by atoms with Crippen LogP contribution in [-0.4, -0.2) is 13.2 Å². The SMILES string of the molecule is COc1ccc(Cl)cc1NC1CC(c2ccccc2Cl)C1. The van der Waals surface area contributed by atoms with Gasteiger partial charge < -0.3 is 10.1 Å². The average Bonchev–Trinajstić information content (AvgIpc) is 2.44. The Bertz CT molecular complexity index is 638. The van der Waals surface area contributed by atoms with Gasteiger partial charge in [0.2, 0.25) is 0 Å². The van der Waals surface area contributed by atoms with Gasteiger partial charge in [0, 0.05) is 16.1 Å². The first kappa shape index (κ1) is 14.6. The Morgan fingerprint density at radius 2 is 1.86 bits per heavy atom. The van der Waals surface area contributed by atoms with Crippen molar-refractivity contribution in [1.82, 2.24) is 0 Å². The van der Waals surface area contributed by atoms with Gasteiger partial charge in [-0.2, -0.15) is 0 Å². The summed E-state index contributed by atoms with van der Waals surface area (Å²) in [5, 5.41) is 5.08. The molecule has 3 rings (SSSR count). The van der Waals surface area contributed by atoms with Crippen molar-refractivity contribution in [2.45, 2.75) is 24.8 Å². The van der Waals surface area contributed by atoms with Crippen LogP contribution in [0.3, 0.4) is 0 Å². The molecule has 1 saturated carbocycles. The van der Waals surface area contributed by atoms with Crippen LogP contribution in [0.15, 0.2) is 42.5 Å². The molecule has 0 amide bonds. The van der Waals surface area contributed by atoms with Gasteiger partial charge in [0.15, 0.2) is 0 Å². The maximum Gasteiger partial charge on any atom is 0.142 e. The molecule has 2 aromatic carbocycles. The van der Waals surface area contributed by atoms with E-state index in [1.165, 1.54) is 5.56 Å². The summed E-state index contributed by atoms with van der Waals surface area (Å²) in [6, 6.07) is 14.1. The van der Waals surface area contributed by atoms with Crippen molar-refractivity contribution >= 4 is 28.9 Å². The first-order valence-corrected chi connectivity index (χ1v) is 7.77. The van der Waals surface area contributed by atoms with Crippen molar-refractivity contribution in [3.05, 3.63) is 58.1 Å². The fraction of sp³-hybridized carbons (Fsp3) is 0.294. The Balaban J connectivity index is 1.65. The molecule has 0 aliphatic heterocycles. The van der Waals surface area contributed by atoms with Gasteiger partial charge >= 0.3 is 0 Å². The molecule has 0 atom stereocenters. The lowest BCUT2D eigenvalue weighted by Crippen LogP contribution is -2.34. The van der Waals surface area contributed by atoms with E-state index in [0.29, 0.717) is 17.0 Å². The Hall–Kier alpha value is -1.38. The molecule has 2 aromatic rings. The van der Waals surface area contributed by atoms with Crippen molar-refractivity contribution in [3.8, 4) is 5.75 Å². The molecule has 0 unspecified atom stereocenters. The van der Waals surface area contributed by atoms with Crippen molar-refractivity contribution < 1.29 is 4.74 Å². The molecular weight excluding hydrogens is 305 g/mol. The van der Waals surface area contributed by atoms with E-state index < -0.39 is 0 Å². The topological polar surface area (TPSA) is 21.3 Å². The van der Waals surface area contributed by atoms with Gasteiger partial charge in [-0.25, -0.2) is 0 Å². The third-order valence-electron chi connectivity index (χ3n) is 4.00. The quantitative estimate of drug-likeness (QED) is 0.818. The molecule has 0 heterocycles. The first-order valence-electron chi connectivity index (χ1n) is 7.02. The van der Waals surface area contributed by atoms with Crippen LogP contribution in [0, 0.1) is 0 Å². The van der Waals surface area contributed by atoms with Crippen LogP contribution in [0.1, 0.15) is 24.3 Å². The van der Waals surface area contributed by atoms with E-state index in [0.717, 1.165) is 29.3 Å². The Kier molecular flexibility index (Phi) is 4.27. The number of hydrogen-bond acceptors (Lipinski definition) is 2. The minimum absolute atomic E-state index is 0.429. The number of methoxy groups -OCH3 is 1. The van der Waals surface area contributed by atoms with E-state index in [2.05, 4.69) is 11.4 Å². The first-order chi connectivity index (χ1) is 10.2. The molecule has 1 aliphatic rings. The highest BCUT2D eigenvalue weighted by Crippen LogP contribution is 2.42. The highest BCUT2D eigenvalue weighted by Gasteiger charge is 2.31. The van der Waals surface area contributed by atoms with Crippen LogP contribution in [0.25, 0.3) is 0 Å². The van der Waals surface area contributed by atoms with Gasteiger partial charge in [-0.15, -0.1) is 0 Å². The molecule has 0 spiro atoms. The van der Waals surface area contributed by atoms with Crippen molar-refractivity contribution in [3.63, 3.8) is 0 Å². The van der Waals surface area contributed by atoms with E-state index in [1.54, 1.807) is 7.11 Å². The lowest BCUT2D eigenvalue weighted by Gasteiger charge is -2.37. The fourth-order valence-electron chi connectivity index (χ4n) is 2.81. The van der Waals surface area contributed by atoms with E-state index in [4.69, 9.17) is 27.9 Å². The van der Waals surface area contributed by atoms with Crippen LogP contribution in [0.5, 0.6) is 5.75 Å². The molecule has 2 nitrogen and oxygen atoms in total. The molecule has 0 radical (unpaired) electrons. The van der Waals surface area contributed by atoms with Gasteiger partial charge in [0.25, 0.3) is 0 Å². The number of rotatable bonds is 4. The summed E-state index contributed by atoms with van der Waals surface area (Å²) in [5.41, 5.74) is 2.20. The molecule has 0 bridgehead atoms. The maximum atomic E-state index is 6.25. The number of benzene rings is 2. The minimum Gasteiger partial charge on any atom is -0.495 e. The molecule has 1 N–H and O–H groups in total. The van der Waals surface area contributed by atoms with Crippen molar-refractivity contribution in [2.75, 3.05) is 12.4 Å². The number of ether oxygens (including phenoxy) is 1. The van der Waals surface area contributed by atoms with Gasteiger partial charge in [-0.1, -0.05) is 41.4 Å². The van der Waals surface area contributed by atoms with Crippen LogP contribution in [0.4, 0.5) is 5.69 Å². The predicted octanol–water partition coefficient (Wildman–Crippen LogP) is 5.36. The van der Waals surface area contributed by atoms with E-state index in [1.807, 2.05) is 36.4 Å². The van der Waals surface area contributed by atoms with Crippen molar-refractivity contribution in [1.29, 1.82) is 0 Å². The average molecular weight is 322 g/mol. The standard InChI is InChI=1S/C17H17Cl2NO/c1-21-17-7-6-12(18)10-16(17)20-13-8-11(9-13)14-4-2-3-5-15(14)19/h2-7,10-11,13,20H,8-9H2,1H3. The van der Waals surface area contributed by atoms with E-state index in [9.17, 15) is 0 Å². The number of anilines is 1. The van der Waals surface area contributed by atoms with E-state index in [-0.39, 0.29) is 0 Å². The zero-order valence-electron chi connectivity index (χ0n) is 11.8. The summed E-state index contributed by atoms with van der Waals surface area (Å²) < 4.78 is 5.36. The number of nitrogens with one attached hydrogen (secondary N) is 1. The summed E-state index contributed by atoms with van der Waals surface area (Å²) in [4.78, 5) is 0. The highest BCUT2D eigenvalue weighted by atomic mass is 35.5. The molecule has 1 aliphatic carbocycles. The molecule has 0 saturated heterocycles. The third-order valence-corrected chi connectivity index (χ3v) is 4.58.